The summed E-state index contributed by atoms with van der Waals surface area (Å²) < 4.78 is 6.38. The fourth-order valence-electron chi connectivity index (χ4n) is 3.57. The van der Waals surface area contributed by atoms with E-state index in [2.05, 4.69) is 53.3 Å². The quantitative estimate of drug-likeness (QED) is 0.759. The molecule has 21 heavy (non-hydrogen) atoms. The Balaban J connectivity index is 2.08. The molecule has 0 saturated heterocycles. The minimum Gasteiger partial charge on any atom is -0.496 e. The zero-order chi connectivity index (χ0) is 15.2. The van der Waals surface area contributed by atoms with E-state index in [1.807, 2.05) is 0 Å². The van der Waals surface area contributed by atoms with E-state index in [0.717, 1.165) is 35.0 Å². The zero-order valence-electron chi connectivity index (χ0n) is 13.5. The van der Waals surface area contributed by atoms with Gasteiger partial charge in [0.05, 0.1) is 11.6 Å². The van der Waals surface area contributed by atoms with Crippen molar-refractivity contribution in [2.45, 2.75) is 52.0 Å². The molecule has 118 valence electrons. The molecule has 1 aromatic rings. The molecule has 0 bridgehead atoms. The van der Waals surface area contributed by atoms with Gasteiger partial charge in [-0.1, -0.05) is 32.8 Å². The Morgan fingerprint density at radius 2 is 2.19 bits per heavy atom. The van der Waals surface area contributed by atoms with Crippen molar-refractivity contribution in [1.29, 1.82) is 0 Å². The molecule has 3 heteroatoms. The van der Waals surface area contributed by atoms with Crippen molar-refractivity contribution in [3.63, 3.8) is 0 Å². The Morgan fingerprint density at radius 1 is 1.38 bits per heavy atom. The summed E-state index contributed by atoms with van der Waals surface area (Å²) in [6.07, 6.45) is 6.46. The molecule has 1 aliphatic carbocycles. The van der Waals surface area contributed by atoms with Crippen LogP contribution in [0.5, 0.6) is 5.75 Å². The van der Waals surface area contributed by atoms with E-state index >= 15 is 0 Å². The maximum atomic E-state index is 5.32. The molecular formula is C18H28BrNO. The van der Waals surface area contributed by atoms with Gasteiger partial charge in [-0.25, -0.2) is 0 Å². The summed E-state index contributed by atoms with van der Waals surface area (Å²) in [6.45, 7) is 5.78. The van der Waals surface area contributed by atoms with Crippen LogP contribution in [0.1, 0.15) is 45.1 Å². The van der Waals surface area contributed by atoms with Crippen molar-refractivity contribution in [3.05, 3.63) is 28.2 Å². The average Bonchev–Trinajstić information content (AvgIpc) is 2.90. The van der Waals surface area contributed by atoms with Crippen LogP contribution < -0.4 is 10.1 Å². The predicted octanol–water partition coefficient (Wildman–Crippen LogP) is 4.80. The van der Waals surface area contributed by atoms with Crippen molar-refractivity contribution >= 4 is 15.9 Å². The van der Waals surface area contributed by atoms with Gasteiger partial charge in [-0.2, -0.15) is 0 Å². The molecular weight excluding hydrogens is 326 g/mol. The molecule has 3 atom stereocenters. The van der Waals surface area contributed by atoms with Crippen molar-refractivity contribution in [3.8, 4) is 5.75 Å². The molecule has 2 rings (SSSR count). The van der Waals surface area contributed by atoms with Crippen molar-refractivity contribution in [1.82, 2.24) is 5.32 Å². The van der Waals surface area contributed by atoms with E-state index in [0.29, 0.717) is 6.04 Å². The molecule has 0 aliphatic heterocycles. The van der Waals surface area contributed by atoms with Gasteiger partial charge in [0.2, 0.25) is 0 Å². The highest BCUT2D eigenvalue weighted by molar-refractivity contribution is 9.10. The first-order chi connectivity index (χ1) is 10.2. The lowest BCUT2D eigenvalue weighted by Crippen LogP contribution is -2.39. The van der Waals surface area contributed by atoms with Crippen LogP contribution in [0, 0.1) is 11.8 Å². The van der Waals surface area contributed by atoms with Crippen LogP contribution in [0.4, 0.5) is 0 Å². The summed E-state index contributed by atoms with van der Waals surface area (Å²) in [6, 6.07) is 7.07. The van der Waals surface area contributed by atoms with Gasteiger partial charge in [-0.3, -0.25) is 0 Å². The molecule has 0 aromatic heterocycles. The second-order valence-electron chi connectivity index (χ2n) is 6.31. The molecule has 1 aliphatic rings. The van der Waals surface area contributed by atoms with Crippen LogP contribution in [-0.4, -0.2) is 19.7 Å². The molecule has 2 nitrogen and oxygen atoms in total. The third-order valence-corrected chi connectivity index (χ3v) is 5.39. The van der Waals surface area contributed by atoms with Crippen LogP contribution in [0.15, 0.2) is 22.7 Å². The summed E-state index contributed by atoms with van der Waals surface area (Å²) in [5.41, 5.74) is 1.38. The Labute approximate surface area is 137 Å². The molecule has 0 spiro atoms. The topological polar surface area (TPSA) is 21.3 Å². The third kappa shape index (κ3) is 4.46. The minimum atomic E-state index is 0.600. The largest absolute Gasteiger partial charge is 0.496 e. The van der Waals surface area contributed by atoms with Gasteiger partial charge in [-0.15, -0.1) is 0 Å². The molecule has 1 aromatic carbocycles. The number of benzene rings is 1. The Kier molecular flexibility index (Phi) is 6.56. The lowest BCUT2D eigenvalue weighted by Gasteiger charge is -2.28. The number of rotatable bonds is 7. The molecule has 1 saturated carbocycles. The molecule has 1 N–H and O–H groups in total. The first kappa shape index (κ1) is 16.8. The van der Waals surface area contributed by atoms with Crippen molar-refractivity contribution in [2.24, 2.45) is 11.8 Å². The van der Waals surface area contributed by atoms with E-state index in [1.54, 1.807) is 7.11 Å². The van der Waals surface area contributed by atoms with Gasteiger partial charge >= 0.3 is 0 Å². The number of halogens is 1. The van der Waals surface area contributed by atoms with Crippen LogP contribution in [0.2, 0.25) is 0 Å². The van der Waals surface area contributed by atoms with E-state index in [9.17, 15) is 0 Å². The van der Waals surface area contributed by atoms with Gasteiger partial charge in [0, 0.05) is 6.04 Å². The smallest absolute Gasteiger partial charge is 0.133 e. The third-order valence-electron chi connectivity index (χ3n) is 4.77. The molecule has 0 heterocycles. The van der Waals surface area contributed by atoms with E-state index in [1.165, 1.54) is 31.2 Å². The second-order valence-corrected chi connectivity index (χ2v) is 7.16. The molecule has 0 radical (unpaired) electrons. The predicted molar refractivity (Wildman–Crippen MR) is 93.0 cm³/mol. The summed E-state index contributed by atoms with van der Waals surface area (Å²) in [5.74, 6) is 2.57. The average molecular weight is 354 g/mol. The monoisotopic (exact) mass is 353 g/mol. The summed E-state index contributed by atoms with van der Waals surface area (Å²) in [7, 11) is 1.71. The van der Waals surface area contributed by atoms with Crippen LogP contribution in [-0.2, 0) is 6.42 Å². The number of methoxy groups -OCH3 is 1. The van der Waals surface area contributed by atoms with Crippen LogP contribution in [0.3, 0.4) is 0 Å². The Bertz CT molecular complexity index is 449. The first-order valence-electron chi connectivity index (χ1n) is 8.21. The fraction of sp³-hybridized carbons (Fsp3) is 0.667. The van der Waals surface area contributed by atoms with Gasteiger partial charge < -0.3 is 10.1 Å². The number of hydrogen-bond donors (Lipinski definition) is 1. The SMILES string of the molecule is CCCNC(Cc1ccc(OC)c(Br)c1)C1CCCC1C. The van der Waals surface area contributed by atoms with Gasteiger partial charge in [0.15, 0.2) is 0 Å². The van der Waals surface area contributed by atoms with Crippen LogP contribution >= 0.6 is 15.9 Å². The van der Waals surface area contributed by atoms with E-state index in [-0.39, 0.29) is 0 Å². The first-order valence-corrected chi connectivity index (χ1v) is 9.00. The summed E-state index contributed by atoms with van der Waals surface area (Å²) in [5, 5.41) is 3.79. The summed E-state index contributed by atoms with van der Waals surface area (Å²) >= 11 is 3.60. The Morgan fingerprint density at radius 3 is 2.76 bits per heavy atom. The minimum absolute atomic E-state index is 0.600. The lowest BCUT2D eigenvalue weighted by atomic mass is 9.86. The van der Waals surface area contributed by atoms with Gasteiger partial charge in [0.25, 0.3) is 0 Å². The molecule has 3 unspecified atom stereocenters. The number of hydrogen-bond acceptors (Lipinski definition) is 2. The zero-order valence-corrected chi connectivity index (χ0v) is 15.1. The Hall–Kier alpha value is -0.540. The number of nitrogens with one attached hydrogen (secondary N) is 1. The van der Waals surface area contributed by atoms with Crippen LogP contribution in [0.25, 0.3) is 0 Å². The maximum absolute atomic E-state index is 5.32. The highest BCUT2D eigenvalue weighted by atomic mass is 79.9. The number of ether oxygens (including phenoxy) is 1. The maximum Gasteiger partial charge on any atom is 0.133 e. The van der Waals surface area contributed by atoms with Crippen molar-refractivity contribution in [2.75, 3.05) is 13.7 Å². The van der Waals surface area contributed by atoms with Gasteiger partial charge in [-0.05, 0) is 71.3 Å². The normalized spacial score (nSPS) is 23.2. The van der Waals surface area contributed by atoms with Gasteiger partial charge in [0.1, 0.15) is 5.75 Å². The second kappa shape index (κ2) is 8.19. The standard InChI is InChI=1S/C18H28BrNO/c1-4-10-20-17(15-7-5-6-13(15)2)12-14-8-9-18(21-3)16(19)11-14/h8-9,11,13,15,17,20H,4-7,10,12H2,1-3H3. The van der Waals surface area contributed by atoms with E-state index in [4.69, 9.17) is 4.74 Å². The van der Waals surface area contributed by atoms with E-state index < -0.39 is 0 Å². The molecule has 0 amide bonds. The molecule has 1 fully saturated rings. The highest BCUT2D eigenvalue weighted by Crippen LogP contribution is 2.35. The van der Waals surface area contributed by atoms with Crippen molar-refractivity contribution < 1.29 is 4.74 Å². The highest BCUT2D eigenvalue weighted by Gasteiger charge is 2.30. The lowest BCUT2D eigenvalue weighted by molar-refractivity contribution is 0.295. The summed E-state index contributed by atoms with van der Waals surface area (Å²) in [4.78, 5) is 0. The fourth-order valence-corrected chi connectivity index (χ4v) is 4.16.